The number of hydrogen-bond donors (Lipinski definition) is 2. The van der Waals surface area contributed by atoms with E-state index in [-0.39, 0.29) is 5.91 Å². The minimum absolute atomic E-state index is 0.192. The van der Waals surface area contributed by atoms with Crippen molar-refractivity contribution in [1.29, 1.82) is 0 Å². The van der Waals surface area contributed by atoms with E-state index in [0.717, 1.165) is 23.7 Å². The molecule has 0 radical (unpaired) electrons. The highest BCUT2D eigenvalue weighted by Crippen LogP contribution is 2.39. The van der Waals surface area contributed by atoms with Crippen LogP contribution in [0, 0.1) is 11.8 Å². The second-order valence-corrected chi connectivity index (χ2v) is 7.82. The molecule has 0 heterocycles. The summed E-state index contributed by atoms with van der Waals surface area (Å²) in [5.41, 5.74) is 7.35. The summed E-state index contributed by atoms with van der Waals surface area (Å²) in [5, 5.41) is 3.32. The molecule has 0 aromatic heterocycles. The zero-order valence-electron chi connectivity index (χ0n) is 12.9. The molecule has 3 rings (SSSR count). The van der Waals surface area contributed by atoms with Crippen LogP contribution < -0.4 is 11.1 Å². The molecule has 2 fully saturated rings. The molecule has 2 aliphatic carbocycles. The van der Waals surface area contributed by atoms with Gasteiger partial charge in [0.15, 0.2) is 0 Å². The average Bonchev–Trinajstić information content (AvgIpc) is 2.46. The molecule has 4 heteroatoms. The Morgan fingerprint density at radius 2 is 2.00 bits per heavy atom. The zero-order valence-corrected chi connectivity index (χ0v) is 14.5. The monoisotopic (exact) mass is 364 g/mol. The Morgan fingerprint density at radius 1 is 1.27 bits per heavy atom. The predicted octanol–water partition coefficient (Wildman–Crippen LogP) is 3.40. The van der Waals surface area contributed by atoms with E-state index in [9.17, 15) is 4.79 Å². The van der Waals surface area contributed by atoms with E-state index < -0.39 is 0 Å². The molecule has 3 N–H and O–H groups in total. The Kier molecular flexibility index (Phi) is 5.19. The normalized spacial score (nSPS) is 30.8. The Bertz CT molecular complexity index is 520. The number of fused-ring (bicyclic) bond motifs is 2. The van der Waals surface area contributed by atoms with Gasteiger partial charge in [-0.2, -0.15) is 0 Å². The fraction of sp³-hybridized carbons (Fsp3) is 0.611. The number of hydrogen-bond acceptors (Lipinski definition) is 2. The summed E-state index contributed by atoms with van der Waals surface area (Å²) in [5.74, 6) is 1.38. The first kappa shape index (κ1) is 16.0. The number of carbonyl (C=O) groups excluding carboxylic acids is 1. The number of rotatable bonds is 4. The van der Waals surface area contributed by atoms with Gasteiger partial charge in [-0.3, -0.25) is 4.79 Å². The Balaban J connectivity index is 1.53. The fourth-order valence-corrected chi connectivity index (χ4v) is 4.68. The molecular weight excluding hydrogens is 340 g/mol. The van der Waals surface area contributed by atoms with E-state index in [1.165, 1.54) is 24.8 Å². The molecule has 0 spiro atoms. The summed E-state index contributed by atoms with van der Waals surface area (Å²) >= 11 is 3.47. The van der Waals surface area contributed by atoms with Gasteiger partial charge in [0.1, 0.15) is 0 Å². The van der Waals surface area contributed by atoms with Crippen LogP contribution in [0.3, 0.4) is 0 Å². The number of carbonyl (C=O) groups is 1. The van der Waals surface area contributed by atoms with Gasteiger partial charge >= 0.3 is 0 Å². The Hall–Kier alpha value is -0.870. The SMILES string of the molecule is NC1CC2CCCC(C1)C2NC(=O)CCc1cccc(Br)c1. The molecule has 1 amide bonds. The highest BCUT2D eigenvalue weighted by Gasteiger charge is 2.39. The molecule has 2 unspecified atom stereocenters. The number of halogens is 1. The summed E-state index contributed by atoms with van der Waals surface area (Å²) in [6, 6.07) is 8.89. The van der Waals surface area contributed by atoms with Gasteiger partial charge < -0.3 is 11.1 Å². The minimum Gasteiger partial charge on any atom is -0.353 e. The lowest BCUT2D eigenvalue weighted by atomic mass is 9.67. The molecule has 3 nitrogen and oxygen atoms in total. The largest absolute Gasteiger partial charge is 0.353 e. The van der Waals surface area contributed by atoms with Crippen molar-refractivity contribution in [3.8, 4) is 0 Å². The minimum atomic E-state index is 0.192. The van der Waals surface area contributed by atoms with Crippen molar-refractivity contribution in [2.75, 3.05) is 0 Å². The first-order valence-electron chi connectivity index (χ1n) is 8.41. The zero-order chi connectivity index (χ0) is 15.5. The number of amides is 1. The van der Waals surface area contributed by atoms with Crippen LogP contribution in [0.15, 0.2) is 28.7 Å². The molecule has 120 valence electrons. The van der Waals surface area contributed by atoms with Gasteiger partial charge in [0.2, 0.25) is 5.91 Å². The molecule has 2 saturated carbocycles. The lowest BCUT2D eigenvalue weighted by Crippen LogP contribution is -2.53. The lowest BCUT2D eigenvalue weighted by Gasteiger charge is -2.45. The van der Waals surface area contributed by atoms with Crippen LogP contribution in [0.2, 0.25) is 0 Å². The quantitative estimate of drug-likeness (QED) is 0.859. The van der Waals surface area contributed by atoms with E-state index in [1.54, 1.807) is 0 Å². The van der Waals surface area contributed by atoms with Crippen molar-refractivity contribution >= 4 is 21.8 Å². The first-order chi connectivity index (χ1) is 10.6. The molecule has 0 saturated heterocycles. The van der Waals surface area contributed by atoms with Gasteiger partial charge in [0.25, 0.3) is 0 Å². The number of nitrogens with two attached hydrogens (primary N) is 1. The van der Waals surface area contributed by atoms with Gasteiger partial charge in [-0.05, 0) is 61.6 Å². The van der Waals surface area contributed by atoms with Crippen molar-refractivity contribution in [1.82, 2.24) is 5.32 Å². The molecule has 0 aliphatic heterocycles. The van der Waals surface area contributed by atoms with Crippen molar-refractivity contribution < 1.29 is 4.79 Å². The first-order valence-corrected chi connectivity index (χ1v) is 9.20. The van der Waals surface area contributed by atoms with E-state index in [2.05, 4.69) is 33.4 Å². The molecular formula is C18H25BrN2O. The molecule has 2 atom stereocenters. The lowest BCUT2D eigenvalue weighted by molar-refractivity contribution is -0.123. The third kappa shape index (κ3) is 3.90. The Labute approximate surface area is 141 Å². The average molecular weight is 365 g/mol. The van der Waals surface area contributed by atoms with Gasteiger partial charge in [0.05, 0.1) is 0 Å². The van der Waals surface area contributed by atoms with E-state index >= 15 is 0 Å². The molecule has 22 heavy (non-hydrogen) atoms. The van der Waals surface area contributed by atoms with Gasteiger partial charge in [-0.1, -0.05) is 34.5 Å². The van der Waals surface area contributed by atoms with Crippen LogP contribution in [0.5, 0.6) is 0 Å². The summed E-state index contributed by atoms with van der Waals surface area (Å²) in [6.07, 6.45) is 7.26. The summed E-state index contributed by atoms with van der Waals surface area (Å²) < 4.78 is 1.07. The summed E-state index contributed by atoms with van der Waals surface area (Å²) in [7, 11) is 0. The summed E-state index contributed by atoms with van der Waals surface area (Å²) in [4.78, 5) is 12.3. The smallest absolute Gasteiger partial charge is 0.220 e. The molecule has 1 aromatic rings. The van der Waals surface area contributed by atoms with Crippen LogP contribution in [-0.2, 0) is 11.2 Å². The maximum absolute atomic E-state index is 12.3. The van der Waals surface area contributed by atoms with Crippen molar-refractivity contribution in [2.45, 2.75) is 57.0 Å². The maximum Gasteiger partial charge on any atom is 0.220 e. The van der Waals surface area contributed by atoms with Gasteiger partial charge in [-0.15, -0.1) is 0 Å². The molecule has 1 aromatic carbocycles. The number of nitrogens with one attached hydrogen (secondary N) is 1. The topological polar surface area (TPSA) is 55.1 Å². The van der Waals surface area contributed by atoms with Crippen LogP contribution in [0.1, 0.15) is 44.1 Å². The van der Waals surface area contributed by atoms with E-state index in [4.69, 9.17) is 5.73 Å². The van der Waals surface area contributed by atoms with Crippen LogP contribution in [0.25, 0.3) is 0 Å². The van der Waals surface area contributed by atoms with Crippen LogP contribution in [-0.4, -0.2) is 18.0 Å². The maximum atomic E-state index is 12.3. The van der Waals surface area contributed by atoms with Crippen molar-refractivity contribution in [2.24, 2.45) is 17.6 Å². The number of benzene rings is 1. The van der Waals surface area contributed by atoms with Gasteiger partial charge in [0, 0.05) is 23.0 Å². The van der Waals surface area contributed by atoms with Crippen molar-refractivity contribution in [3.63, 3.8) is 0 Å². The second-order valence-electron chi connectivity index (χ2n) is 6.91. The van der Waals surface area contributed by atoms with E-state index in [1.807, 2.05) is 12.1 Å². The Morgan fingerprint density at radius 3 is 2.68 bits per heavy atom. The van der Waals surface area contributed by atoms with Crippen molar-refractivity contribution in [3.05, 3.63) is 34.3 Å². The fourth-order valence-electron chi connectivity index (χ4n) is 4.23. The third-order valence-corrected chi connectivity index (χ3v) is 5.73. The highest BCUT2D eigenvalue weighted by atomic mass is 79.9. The van der Waals surface area contributed by atoms with E-state index in [0.29, 0.717) is 30.3 Å². The highest BCUT2D eigenvalue weighted by molar-refractivity contribution is 9.10. The standard InChI is InChI=1S/C18H25BrN2O/c19-15-6-1-3-12(9-15)7-8-17(22)21-18-13-4-2-5-14(18)11-16(20)10-13/h1,3,6,9,13-14,16,18H,2,4-5,7-8,10-11,20H2,(H,21,22). The predicted molar refractivity (Wildman–Crippen MR) is 92.4 cm³/mol. The third-order valence-electron chi connectivity index (χ3n) is 5.23. The van der Waals surface area contributed by atoms with Crippen LogP contribution in [0.4, 0.5) is 0 Å². The van der Waals surface area contributed by atoms with Crippen LogP contribution >= 0.6 is 15.9 Å². The second kappa shape index (κ2) is 7.14. The van der Waals surface area contributed by atoms with Gasteiger partial charge in [-0.25, -0.2) is 0 Å². The number of aryl methyl sites for hydroxylation is 1. The summed E-state index contributed by atoms with van der Waals surface area (Å²) in [6.45, 7) is 0. The molecule has 2 bridgehead atoms. The molecule has 2 aliphatic rings.